The van der Waals surface area contributed by atoms with Crippen LogP contribution in [0.5, 0.6) is 0 Å². The highest BCUT2D eigenvalue weighted by Gasteiger charge is 2.10. The SMILES string of the molecule is CCCC(=O)NC(C)c1csc(C)n1. The Labute approximate surface area is 88.6 Å². The average molecular weight is 212 g/mol. The summed E-state index contributed by atoms with van der Waals surface area (Å²) in [4.78, 5) is 15.6. The van der Waals surface area contributed by atoms with Crippen molar-refractivity contribution in [2.45, 2.75) is 39.7 Å². The van der Waals surface area contributed by atoms with Crippen LogP contribution in [0.4, 0.5) is 0 Å². The zero-order valence-corrected chi connectivity index (χ0v) is 9.65. The summed E-state index contributed by atoms with van der Waals surface area (Å²) in [7, 11) is 0. The smallest absolute Gasteiger partial charge is 0.220 e. The van der Waals surface area contributed by atoms with Gasteiger partial charge in [-0.1, -0.05) is 6.92 Å². The van der Waals surface area contributed by atoms with E-state index in [1.165, 1.54) is 0 Å². The fourth-order valence-corrected chi connectivity index (χ4v) is 1.90. The lowest BCUT2D eigenvalue weighted by Gasteiger charge is -2.10. The molecule has 0 bridgehead atoms. The summed E-state index contributed by atoms with van der Waals surface area (Å²) < 4.78 is 0. The summed E-state index contributed by atoms with van der Waals surface area (Å²) in [5.74, 6) is 0.102. The molecule has 1 rings (SSSR count). The molecule has 0 aliphatic carbocycles. The second-order valence-electron chi connectivity index (χ2n) is 3.33. The zero-order chi connectivity index (χ0) is 10.6. The minimum atomic E-state index is 0.0269. The van der Waals surface area contributed by atoms with E-state index in [-0.39, 0.29) is 11.9 Å². The quantitative estimate of drug-likeness (QED) is 0.833. The van der Waals surface area contributed by atoms with Crippen LogP contribution >= 0.6 is 11.3 Å². The molecule has 0 spiro atoms. The van der Waals surface area contributed by atoms with E-state index in [0.29, 0.717) is 6.42 Å². The molecule has 0 aliphatic rings. The number of nitrogens with one attached hydrogen (secondary N) is 1. The molecule has 0 radical (unpaired) electrons. The van der Waals surface area contributed by atoms with Gasteiger partial charge in [-0.15, -0.1) is 11.3 Å². The van der Waals surface area contributed by atoms with Gasteiger partial charge in [-0.3, -0.25) is 4.79 Å². The molecule has 3 nitrogen and oxygen atoms in total. The maximum atomic E-state index is 11.3. The van der Waals surface area contributed by atoms with Gasteiger partial charge in [0.05, 0.1) is 16.7 Å². The van der Waals surface area contributed by atoms with Gasteiger partial charge in [0.15, 0.2) is 0 Å². The Kier molecular flexibility index (Phi) is 4.07. The highest BCUT2D eigenvalue weighted by atomic mass is 32.1. The number of nitrogens with zero attached hydrogens (tertiary/aromatic N) is 1. The van der Waals surface area contributed by atoms with E-state index in [2.05, 4.69) is 10.3 Å². The minimum absolute atomic E-state index is 0.0269. The highest BCUT2D eigenvalue weighted by Crippen LogP contribution is 2.15. The van der Waals surface area contributed by atoms with Crippen LogP contribution in [0.25, 0.3) is 0 Å². The number of hydrogen-bond acceptors (Lipinski definition) is 3. The largest absolute Gasteiger partial charge is 0.348 e. The number of rotatable bonds is 4. The predicted molar refractivity (Wildman–Crippen MR) is 58.3 cm³/mol. The molecular formula is C10H16N2OS. The predicted octanol–water partition coefficient (Wildman–Crippen LogP) is 2.43. The first-order valence-corrected chi connectivity index (χ1v) is 5.72. The summed E-state index contributed by atoms with van der Waals surface area (Å²) in [5, 5.41) is 5.95. The van der Waals surface area contributed by atoms with Crippen LogP contribution in [-0.2, 0) is 4.79 Å². The fourth-order valence-electron chi connectivity index (χ4n) is 1.19. The summed E-state index contributed by atoms with van der Waals surface area (Å²) >= 11 is 1.61. The third-order valence-corrected chi connectivity index (χ3v) is 2.73. The topological polar surface area (TPSA) is 42.0 Å². The first kappa shape index (κ1) is 11.2. The van der Waals surface area contributed by atoms with Crippen molar-refractivity contribution in [2.24, 2.45) is 0 Å². The average Bonchev–Trinajstić information content (AvgIpc) is 2.52. The van der Waals surface area contributed by atoms with Crippen LogP contribution in [0.15, 0.2) is 5.38 Å². The number of aryl methyl sites for hydroxylation is 1. The number of thiazole rings is 1. The van der Waals surface area contributed by atoms with E-state index >= 15 is 0 Å². The van der Waals surface area contributed by atoms with Crippen LogP contribution < -0.4 is 5.32 Å². The lowest BCUT2D eigenvalue weighted by atomic mass is 10.2. The Morgan fingerprint density at radius 1 is 1.71 bits per heavy atom. The van der Waals surface area contributed by atoms with Gasteiger partial charge < -0.3 is 5.32 Å². The van der Waals surface area contributed by atoms with Crippen LogP contribution in [-0.4, -0.2) is 10.9 Å². The normalized spacial score (nSPS) is 12.5. The Balaban J connectivity index is 2.50. The monoisotopic (exact) mass is 212 g/mol. The molecule has 1 N–H and O–H groups in total. The molecule has 0 saturated heterocycles. The molecule has 1 amide bonds. The van der Waals surface area contributed by atoms with E-state index in [4.69, 9.17) is 0 Å². The van der Waals surface area contributed by atoms with Crippen molar-refractivity contribution in [3.8, 4) is 0 Å². The molecule has 0 saturated carbocycles. The third-order valence-electron chi connectivity index (χ3n) is 1.93. The summed E-state index contributed by atoms with van der Waals surface area (Å²) in [6, 6.07) is 0.0269. The Hall–Kier alpha value is -0.900. The van der Waals surface area contributed by atoms with Crippen LogP contribution in [0.1, 0.15) is 43.4 Å². The van der Waals surface area contributed by atoms with Crippen molar-refractivity contribution in [3.63, 3.8) is 0 Å². The first-order valence-electron chi connectivity index (χ1n) is 4.85. The van der Waals surface area contributed by atoms with E-state index in [1.54, 1.807) is 11.3 Å². The van der Waals surface area contributed by atoms with Crippen molar-refractivity contribution >= 4 is 17.2 Å². The summed E-state index contributed by atoms with van der Waals surface area (Å²) in [5.41, 5.74) is 0.956. The molecule has 0 aliphatic heterocycles. The van der Waals surface area contributed by atoms with Crippen molar-refractivity contribution in [1.82, 2.24) is 10.3 Å². The number of aromatic nitrogens is 1. The summed E-state index contributed by atoms with van der Waals surface area (Å²) in [6.45, 7) is 5.92. The van der Waals surface area contributed by atoms with Gasteiger partial charge in [0.2, 0.25) is 5.91 Å². The van der Waals surface area contributed by atoms with Crippen LogP contribution in [0.3, 0.4) is 0 Å². The molecule has 78 valence electrons. The number of amides is 1. The Morgan fingerprint density at radius 2 is 2.43 bits per heavy atom. The van der Waals surface area contributed by atoms with Crippen molar-refractivity contribution in [2.75, 3.05) is 0 Å². The minimum Gasteiger partial charge on any atom is -0.348 e. The van der Waals surface area contributed by atoms with E-state index in [0.717, 1.165) is 17.1 Å². The van der Waals surface area contributed by atoms with Gasteiger partial charge in [0.1, 0.15) is 0 Å². The molecule has 0 aromatic carbocycles. The van der Waals surface area contributed by atoms with Gasteiger partial charge in [0, 0.05) is 11.8 Å². The lowest BCUT2D eigenvalue weighted by molar-refractivity contribution is -0.121. The molecule has 1 atom stereocenters. The summed E-state index contributed by atoms with van der Waals surface area (Å²) in [6.07, 6.45) is 1.47. The molecule has 14 heavy (non-hydrogen) atoms. The first-order chi connectivity index (χ1) is 6.63. The molecule has 1 aromatic rings. The van der Waals surface area contributed by atoms with Crippen LogP contribution in [0, 0.1) is 6.92 Å². The Bertz CT molecular complexity index is 309. The molecule has 4 heteroatoms. The van der Waals surface area contributed by atoms with Crippen molar-refractivity contribution in [3.05, 3.63) is 16.1 Å². The van der Waals surface area contributed by atoms with Crippen molar-refractivity contribution < 1.29 is 4.79 Å². The zero-order valence-electron chi connectivity index (χ0n) is 8.83. The third kappa shape index (κ3) is 3.10. The molecule has 1 unspecified atom stereocenters. The van der Waals surface area contributed by atoms with Gasteiger partial charge in [-0.25, -0.2) is 4.98 Å². The molecule has 1 aromatic heterocycles. The standard InChI is InChI=1S/C10H16N2OS/c1-4-5-10(13)11-7(2)9-6-14-8(3)12-9/h6-7H,4-5H2,1-3H3,(H,11,13). The maximum Gasteiger partial charge on any atom is 0.220 e. The van der Waals surface area contributed by atoms with Gasteiger partial charge in [0.25, 0.3) is 0 Å². The maximum absolute atomic E-state index is 11.3. The molecule has 0 fully saturated rings. The van der Waals surface area contributed by atoms with Crippen LogP contribution in [0.2, 0.25) is 0 Å². The number of carbonyl (C=O) groups excluding carboxylic acids is 1. The lowest BCUT2D eigenvalue weighted by Crippen LogP contribution is -2.26. The van der Waals surface area contributed by atoms with E-state index in [9.17, 15) is 4.79 Å². The van der Waals surface area contributed by atoms with Gasteiger partial charge in [-0.05, 0) is 20.3 Å². The second kappa shape index (κ2) is 5.10. The van der Waals surface area contributed by atoms with Crippen molar-refractivity contribution in [1.29, 1.82) is 0 Å². The van der Waals surface area contributed by atoms with E-state index < -0.39 is 0 Å². The number of carbonyl (C=O) groups is 1. The highest BCUT2D eigenvalue weighted by molar-refractivity contribution is 7.09. The van der Waals surface area contributed by atoms with Gasteiger partial charge in [-0.2, -0.15) is 0 Å². The molecule has 1 heterocycles. The molecular weight excluding hydrogens is 196 g/mol. The van der Waals surface area contributed by atoms with E-state index in [1.807, 2.05) is 26.2 Å². The second-order valence-corrected chi connectivity index (χ2v) is 4.39. The van der Waals surface area contributed by atoms with Gasteiger partial charge >= 0.3 is 0 Å². The Morgan fingerprint density at radius 3 is 2.93 bits per heavy atom. The number of hydrogen-bond donors (Lipinski definition) is 1. The fraction of sp³-hybridized carbons (Fsp3) is 0.600.